The van der Waals surface area contributed by atoms with Gasteiger partial charge in [0.2, 0.25) is 0 Å². The van der Waals surface area contributed by atoms with Crippen molar-refractivity contribution in [3.63, 3.8) is 0 Å². The van der Waals surface area contributed by atoms with Crippen LogP contribution in [0.25, 0.3) is 0 Å². The Bertz CT molecular complexity index is 1150. The van der Waals surface area contributed by atoms with Gasteiger partial charge in [-0.3, -0.25) is 14.3 Å². The molecule has 1 aliphatic heterocycles. The van der Waals surface area contributed by atoms with Gasteiger partial charge in [0.05, 0.1) is 48.4 Å². The van der Waals surface area contributed by atoms with Crippen LogP contribution in [0, 0.1) is 0 Å². The minimum absolute atomic E-state index is 0.202. The molecule has 2 heterocycles. The SMILES string of the molecule is COc1cc(OC)cc(C(=O)N2CCC(NC(=O)c3ccccc3Cl)c3c2cnn3C)c1. The average molecular weight is 455 g/mol. The largest absolute Gasteiger partial charge is 0.497 e. The lowest BCUT2D eigenvalue weighted by molar-refractivity contribution is 0.0931. The van der Waals surface area contributed by atoms with E-state index < -0.39 is 0 Å². The molecule has 2 amide bonds. The van der Waals surface area contributed by atoms with Crippen molar-refractivity contribution in [2.45, 2.75) is 12.5 Å². The molecule has 0 radical (unpaired) electrons. The molecule has 2 aromatic carbocycles. The molecule has 9 heteroatoms. The number of rotatable bonds is 5. The molecular formula is C23H23ClN4O4. The summed E-state index contributed by atoms with van der Waals surface area (Å²) in [6, 6.07) is 11.6. The van der Waals surface area contributed by atoms with Crippen LogP contribution in [0.2, 0.25) is 5.02 Å². The lowest BCUT2D eigenvalue weighted by Gasteiger charge is -2.32. The van der Waals surface area contributed by atoms with Crippen LogP contribution in [0.3, 0.4) is 0 Å². The number of nitrogens with one attached hydrogen (secondary N) is 1. The van der Waals surface area contributed by atoms with Crippen LogP contribution >= 0.6 is 11.6 Å². The molecule has 1 N–H and O–H groups in total. The summed E-state index contributed by atoms with van der Waals surface area (Å²) in [5, 5.41) is 7.75. The summed E-state index contributed by atoms with van der Waals surface area (Å²) in [5.41, 5.74) is 2.24. The van der Waals surface area contributed by atoms with Gasteiger partial charge in [-0.25, -0.2) is 0 Å². The molecule has 0 spiro atoms. The van der Waals surface area contributed by atoms with E-state index in [-0.39, 0.29) is 17.9 Å². The summed E-state index contributed by atoms with van der Waals surface area (Å²) in [5.74, 6) is 0.583. The maximum absolute atomic E-state index is 13.4. The predicted molar refractivity (Wildman–Crippen MR) is 121 cm³/mol. The van der Waals surface area contributed by atoms with Crippen molar-refractivity contribution in [3.8, 4) is 11.5 Å². The Morgan fingerprint density at radius 3 is 2.47 bits per heavy atom. The number of aryl methyl sites for hydroxylation is 1. The number of carbonyl (C=O) groups is 2. The fourth-order valence-electron chi connectivity index (χ4n) is 3.88. The lowest BCUT2D eigenvalue weighted by atomic mass is 10.0. The van der Waals surface area contributed by atoms with Gasteiger partial charge >= 0.3 is 0 Å². The second-order valence-electron chi connectivity index (χ2n) is 7.39. The molecule has 32 heavy (non-hydrogen) atoms. The molecule has 0 saturated heterocycles. The molecule has 0 bridgehead atoms. The first-order valence-electron chi connectivity index (χ1n) is 10.0. The average Bonchev–Trinajstić information content (AvgIpc) is 3.20. The molecule has 1 unspecified atom stereocenters. The van der Waals surface area contributed by atoms with Gasteiger partial charge in [0.25, 0.3) is 11.8 Å². The Balaban J connectivity index is 1.63. The highest BCUT2D eigenvalue weighted by atomic mass is 35.5. The number of halogens is 1. The summed E-state index contributed by atoms with van der Waals surface area (Å²) >= 11 is 6.18. The first-order valence-corrected chi connectivity index (χ1v) is 10.4. The van der Waals surface area contributed by atoms with Crippen LogP contribution in [0.4, 0.5) is 5.69 Å². The summed E-state index contributed by atoms with van der Waals surface area (Å²) in [6.45, 7) is 0.407. The summed E-state index contributed by atoms with van der Waals surface area (Å²) in [6.07, 6.45) is 2.16. The van der Waals surface area contributed by atoms with Crippen LogP contribution < -0.4 is 19.7 Å². The number of fused-ring (bicyclic) bond motifs is 1. The summed E-state index contributed by atoms with van der Waals surface area (Å²) < 4.78 is 12.3. The van der Waals surface area contributed by atoms with Crippen molar-refractivity contribution in [3.05, 3.63) is 70.5 Å². The molecule has 0 aliphatic carbocycles. The first kappa shape index (κ1) is 21.7. The minimum Gasteiger partial charge on any atom is -0.497 e. The van der Waals surface area contributed by atoms with Gasteiger partial charge in [-0.1, -0.05) is 23.7 Å². The Labute approximate surface area is 190 Å². The highest BCUT2D eigenvalue weighted by Crippen LogP contribution is 2.35. The van der Waals surface area contributed by atoms with Crippen LogP contribution in [0.1, 0.15) is 38.9 Å². The van der Waals surface area contributed by atoms with Crippen molar-refractivity contribution in [2.24, 2.45) is 7.05 Å². The van der Waals surface area contributed by atoms with E-state index in [4.69, 9.17) is 21.1 Å². The fraction of sp³-hybridized carbons (Fsp3) is 0.261. The van der Waals surface area contributed by atoms with Gasteiger partial charge in [0, 0.05) is 25.2 Å². The summed E-state index contributed by atoms with van der Waals surface area (Å²) in [4.78, 5) is 27.9. The lowest BCUT2D eigenvalue weighted by Crippen LogP contribution is -2.41. The highest BCUT2D eigenvalue weighted by molar-refractivity contribution is 6.33. The third kappa shape index (κ3) is 4.01. The zero-order chi connectivity index (χ0) is 22.8. The maximum atomic E-state index is 13.4. The number of hydrogen-bond acceptors (Lipinski definition) is 5. The number of nitrogens with zero attached hydrogens (tertiary/aromatic N) is 3. The van der Waals surface area contributed by atoms with E-state index >= 15 is 0 Å². The molecule has 3 aromatic rings. The Morgan fingerprint density at radius 1 is 1.12 bits per heavy atom. The van der Waals surface area contributed by atoms with Gasteiger partial charge < -0.3 is 19.7 Å². The summed E-state index contributed by atoms with van der Waals surface area (Å²) in [7, 11) is 4.86. The molecular weight excluding hydrogens is 432 g/mol. The zero-order valence-electron chi connectivity index (χ0n) is 18.0. The van der Waals surface area contributed by atoms with Crippen molar-refractivity contribution >= 4 is 29.1 Å². The number of anilines is 1. The molecule has 8 nitrogen and oxygen atoms in total. The van der Waals surface area contributed by atoms with E-state index in [0.717, 1.165) is 5.69 Å². The second-order valence-corrected chi connectivity index (χ2v) is 7.80. The molecule has 1 atom stereocenters. The predicted octanol–water partition coefficient (Wildman–Crippen LogP) is 3.61. The van der Waals surface area contributed by atoms with E-state index in [1.807, 2.05) is 0 Å². The van der Waals surface area contributed by atoms with Crippen LogP contribution in [0.15, 0.2) is 48.7 Å². The fourth-order valence-corrected chi connectivity index (χ4v) is 4.10. The van der Waals surface area contributed by atoms with Crippen LogP contribution in [-0.4, -0.2) is 42.4 Å². The van der Waals surface area contributed by atoms with E-state index in [1.165, 1.54) is 14.2 Å². The normalized spacial score (nSPS) is 15.1. The third-order valence-corrected chi connectivity index (χ3v) is 5.82. The topological polar surface area (TPSA) is 85.7 Å². The number of aromatic nitrogens is 2. The molecule has 1 aromatic heterocycles. The smallest absolute Gasteiger partial charge is 0.258 e. The van der Waals surface area contributed by atoms with Crippen molar-refractivity contribution < 1.29 is 19.1 Å². The maximum Gasteiger partial charge on any atom is 0.258 e. The molecule has 0 fully saturated rings. The molecule has 166 valence electrons. The highest BCUT2D eigenvalue weighted by Gasteiger charge is 2.34. The van der Waals surface area contributed by atoms with Gasteiger partial charge in [-0.05, 0) is 30.7 Å². The monoisotopic (exact) mass is 454 g/mol. The number of hydrogen-bond donors (Lipinski definition) is 1. The van der Waals surface area contributed by atoms with Gasteiger partial charge in [0.1, 0.15) is 11.5 Å². The van der Waals surface area contributed by atoms with E-state index in [9.17, 15) is 9.59 Å². The zero-order valence-corrected chi connectivity index (χ0v) is 18.7. The molecule has 0 saturated carbocycles. The number of methoxy groups -OCH3 is 2. The number of benzene rings is 2. The first-order chi connectivity index (χ1) is 15.4. The Hall–Kier alpha value is -3.52. The van der Waals surface area contributed by atoms with Gasteiger partial charge in [0.15, 0.2) is 0 Å². The number of amides is 2. The second kappa shape index (κ2) is 8.92. The van der Waals surface area contributed by atoms with Crippen molar-refractivity contribution in [2.75, 3.05) is 25.7 Å². The van der Waals surface area contributed by atoms with Crippen molar-refractivity contribution in [1.82, 2.24) is 15.1 Å². The number of carbonyl (C=O) groups excluding carboxylic acids is 2. The van der Waals surface area contributed by atoms with Gasteiger partial charge in [-0.15, -0.1) is 0 Å². The van der Waals surface area contributed by atoms with Crippen molar-refractivity contribution in [1.29, 1.82) is 0 Å². The van der Waals surface area contributed by atoms with E-state index in [0.29, 0.717) is 46.3 Å². The Morgan fingerprint density at radius 2 is 1.81 bits per heavy atom. The quantitative estimate of drug-likeness (QED) is 0.636. The molecule has 4 rings (SSSR count). The van der Waals surface area contributed by atoms with Gasteiger partial charge in [-0.2, -0.15) is 5.10 Å². The molecule has 1 aliphatic rings. The minimum atomic E-state index is -0.315. The van der Waals surface area contributed by atoms with Crippen LogP contribution in [0.5, 0.6) is 11.5 Å². The number of ether oxygens (including phenoxy) is 2. The van der Waals surface area contributed by atoms with E-state index in [2.05, 4.69) is 10.4 Å². The third-order valence-electron chi connectivity index (χ3n) is 5.49. The Kier molecular flexibility index (Phi) is 6.05. The van der Waals surface area contributed by atoms with Crippen LogP contribution in [-0.2, 0) is 7.05 Å². The van der Waals surface area contributed by atoms with E-state index in [1.54, 1.807) is 65.3 Å². The standard InChI is InChI=1S/C23H23ClN4O4/c1-27-21-19(26-22(29)17-6-4-5-7-18(17)24)8-9-28(20(21)13-25-27)23(30)14-10-15(31-2)12-16(11-14)32-3/h4-7,10-13,19H,8-9H2,1-3H3,(H,26,29).